The van der Waals surface area contributed by atoms with Crippen molar-refractivity contribution in [1.29, 1.82) is 0 Å². The van der Waals surface area contributed by atoms with Gasteiger partial charge >= 0.3 is 0 Å². The molecule has 0 saturated carbocycles. The number of fused-ring (bicyclic) bond motifs is 3. The van der Waals surface area contributed by atoms with E-state index >= 15 is 0 Å². The van der Waals surface area contributed by atoms with Crippen LogP contribution in [0.3, 0.4) is 0 Å². The molecule has 0 aliphatic rings. The van der Waals surface area contributed by atoms with Crippen LogP contribution in [-0.4, -0.2) is 27.6 Å². The number of aromatic nitrogens is 3. The number of benzene rings is 1. The quantitative estimate of drug-likeness (QED) is 0.443. The summed E-state index contributed by atoms with van der Waals surface area (Å²) in [5, 5.41) is 12.1. The fourth-order valence-corrected chi connectivity index (χ4v) is 3.49. The summed E-state index contributed by atoms with van der Waals surface area (Å²) in [4.78, 5) is 17.4. The molecule has 0 aliphatic carbocycles. The predicted molar refractivity (Wildman–Crippen MR) is 88.9 cm³/mol. The summed E-state index contributed by atoms with van der Waals surface area (Å²) in [5.74, 6) is 0.449. The van der Waals surface area contributed by atoms with Gasteiger partial charge < -0.3 is 10.1 Å². The summed E-state index contributed by atoms with van der Waals surface area (Å²) in [6, 6.07) is 9.07. The Morgan fingerprint density at radius 1 is 1.42 bits per heavy atom. The molecule has 4 aromatic rings. The molecular formula is C16H13N4O3S+. The zero-order chi connectivity index (χ0) is 16.7. The van der Waals surface area contributed by atoms with Crippen LogP contribution in [0, 0.1) is 0 Å². The van der Waals surface area contributed by atoms with Crippen LogP contribution in [0.2, 0.25) is 0 Å². The van der Waals surface area contributed by atoms with E-state index < -0.39 is 0 Å². The van der Waals surface area contributed by atoms with Crippen LogP contribution < -0.4 is 14.8 Å². The number of carbonyl (C=O) groups is 1. The number of nitrogens with one attached hydrogen (secondary N) is 1. The average Bonchev–Trinajstić information content (AvgIpc) is 3.11. The fourth-order valence-electron chi connectivity index (χ4n) is 2.45. The third-order valence-corrected chi connectivity index (χ3v) is 4.60. The molecule has 4 rings (SSSR count). The summed E-state index contributed by atoms with van der Waals surface area (Å²) in [6.07, 6.45) is 4.56. The van der Waals surface area contributed by atoms with Gasteiger partial charge in [0.25, 0.3) is 5.91 Å². The molecule has 0 radical (unpaired) electrons. The molecule has 1 aromatic carbocycles. The Hall–Kier alpha value is -3.13. The molecule has 0 fully saturated rings. The number of methoxy groups -OCH3 is 1. The smallest absolute Gasteiger partial charge is 0.276 e. The maximum absolute atomic E-state index is 12.3. The number of pyridine rings is 1. The second-order valence-corrected chi connectivity index (χ2v) is 6.15. The average molecular weight is 341 g/mol. The summed E-state index contributed by atoms with van der Waals surface area (Å²) in [6.45, 7) is 0. The van der Waals surface area contributed by atoms with Crippen LogP contribution in [0.5, 0.6) is 5.75 Å². The first-order chi connectivity index (χ1) is 11.6. The van der Waals surface area contributed by atoms with Gasteiger partial charge in [0.15, 0.2) is 4.96 Å². The van der Waals surface area contributed by atoms with E-state index in [0.717, 1.165) is 25.7 Å². The SMILES string of the molecule is COc1ccc2c(c1)sc1nc(C(=O)Nc3ccc[n+](O)c3)cn12. The molecule has 2 N–H and O–H groups in total. The Labute approximate surface area is 140 Å². The third kappa shape index (κ3) is 2.42. The molecule has 0 spiro atoms. The number of rotatable bonds is 3. The molecule has 3 aromatic heterocycles. The highest BCUT2D eigenvalue weighted by atomic mass is 32.1. The number of imidazole rings is 1. The Bertz CT molecular complexity index is 1070. The van der Waals surface area contributed by atoms with E-state index in [1.54, 1.807) is 25.4 Å². The molecular weight excluding hydrogens is 328 g/mol. The van der Waals surface area contributed by atoms with E-state index in [1.807, 2.05) is 22.6 Å². The molecule has 7 nitrogen and oxygen atoms in total. The van der Waals surface area contributed by atoms with Gasteiger partial charge in [0, 0.05) is 17.0 Å². The van der Waals surface area contributed by atoms with Crippen molar-refractivity contribution in [1.82, 2.24) is 9.38 Å². The van der Waals surface area contributed by atoms with Gasteiger partial charge in [-0.2, -0.15) is 0 Å². The van der Waals surface area contributed by atoms with E-state index in [2.05, 4.69) is 10.3 Å². The van der Waals surface area contributed by atoms with Crippen molar-refractivity contribution in [3.8, 4) is 5.75 Å². The zero-order valence-corrected chi connectivity index (χ0v) is 13.4. The monoisotopic (exact) mass is 341 g/mol. The normalized spacial score (nSPS) is 11.0. The first-order valence-electron chi connectivity index (χ1n) is 7.11. The van der Waals surface area contributed by atoms with E-state index in [1.165, 1.54) is 23.7 Å². The summed E-state index contributed by atoms with van der Waals surface area (Å²) >= 11 is 1.49. The van der Waals surface area contributed by atoms with Crippen molar-refractivity contribution in [2.45, 2.75) is 0 Å². The number of hydrogen-bond acceptors (Lipinski definition) is 5. The highest BCUT2D eigenvalue weighted by Crippen LogP contribution is 2.29. The molecule has 24 heavy (non-hydrogen) atoms. The molecule has 0 bridgehead atoms. The van der Waals surface area contributed by atoms with E-state index in [9.17, 15) is 10.0 Å². The van der Waals surface area contributed by atoms with Crippen LogP contribution in [0.25, 0.3) is 15.2 Å². The molecule has 1 amide bonds. The van der Waals surface area contributed by atoms with Gasteiger partial charge in [-0.15, -0.1) is 0 Å². The number of ether oxygens (including phenoxy) is 1. The van der Waals surface area contributed by atoms with Gasteiger partial charge in [-0.25, -0.2) is 4.98 Å². The van der Waals surface area contributed by atoms with E-state index in [0.29, 0.717) is 11.4 Å². The molecule has 120 valence electrons. The van der Waals surface area contributed by atoms with Crippen molar-refractivity contribution >= 4 is 38.1 Å². The first-order valence-corrected chi connectivity index (χ1v) is 7.93. The third-order valence-electron chi connectivity index (χ3n) is 3.58. The minimum atomic E-state index is -0.334. The number of hydrogen-bond donors (Lipinski definition) is 2. The van der Waals surface area contributed by atoms with Gasteiger partial charge in [0.1, 0.15) is 17.1 Å². The highest BCUT2D eigenvalue weighted by Gasteiger charge is 2.15. The Balaban J connectivity index is 1.68. The second-order valence-electron chi connectivity index (χ2n) is 5.14. The van der Waals surface area contributed by atoms with Crippen LogP contribution in [0.1, 0.15) is 10.5 Å². The predicted octanol–water partition coefficient (Wildman–Crippen LogP) is 2.33. The molecule has 0 unspecified atom stereocenters. The van der Waals surface area contributed by atoms with Crippen molar-refractivity contribution < 1.29 is 19.5 Å². The Morgan fingerprint density at radius 3 is 3.08 bits per heavy atom. The van der Waals surface area contributed by atoms with Gasteiger partial charge in [-0.1, -0.05) is 11.3 Å². The molecule has 0 saturated heterocycles. The van der Waals surface area contributed by atoms with Gasteiger partial charge in [0.05, 0.1) is 17.3 Å². The summed E-state index contributed by atoms with van der Waals surface area (Å²) in [5.41, 5.74) is 1.76. The number of amides is 1. The topological polar surface area (TPSA) is 79.7 Å². The van der Waals surface area contributed by atoms with E-state index in [4.69, 9.17) is 4.74 Å². The van der Waals surface area contributed by atoms with Crippen LogP contribution in [0.15, 0.2) is 48.9 Å². The first kappa shape index (κ1) is 14.5. The minimum absolute atomic E-state index is 0.312. The maximum atomic E-state index is 12.3. The van der Waals surface area contributed by atoms with E-state index in [-0.39, 0.29) is 5.91 Å². The maximum Gasteiger partial charge on any atom is 0.276 e. The lowest BCUT2D eigenvalue weighted by Gasteiger charge is -2.00. The minimum Gasteiger partial charge on any atom is -0.497 e. The number of thiazole rings is 1. The zero-order valence-electron chi connectivity index (χ0n) is 12.6. The van der Waals surface area contributed by atoms with Gasteiger partial charge in [-0.05, 0) is 24.3 Å². The van der Waals surface area contributed by atoms with Gasteiger partial charge in [0.2, 0.25) is 12.4 Å². The lowest BCUT2D eigenvalue weighted by Crippen LogP contribution is -2.29. The lowest BCUT2D eigenvalue weighted by atomic mass is 10.3. The van der Waals surface area contributed by atoms with Crippen LogP contribution in [-0.2, 0) is 0 Å². The van der Waals surface area contributed by atoms with Crippen molar-refractivity contribution in [3.63, 3.8) is 0 Å². The largest absolute Gasteiger partial charge is 0.497 e. The fraction of sp³-hybridized carbons (Fsp3) is 0.0625. The molecule has 8 heteroatoms. The van der Waals surface area contributed by atoms with Crippen molar-refractivity contribution in [2.75, 3.05) is 12.4 Å². The number of carbonyl (C=O) groups excluding carboxylic acids is 1. The summed E-state index contributed by atoms with van der Waals surface area (Å²) in [7, 11) is 1.63. The van der Waals surface area contributed by atoms with Crippen molar-refractivity contribution in [2.24, 2.45) is 0 Å². The lowest BCUT2D eigenvalue weighted by molar-refractivity contribution is -0.904. The Morgan fingerprint density at radius 2 is 2.29 bits per heavy atom. The van der Waals surface area contributed by atoms with Crippen LogP contribution in [0.4, 0.5) is 5.69 Å². The van der Waals surface area contributed by atoms with Crippen molar-refractivity contribution in [3.05, 3.63) is 54.6 Å². The van der Waals surface area contributed by atoms with Crippen LogP contribution >= 0.6 is 11.3 Å². The van der Waals surface area contributed by atoms with Gasteiger partial charge in [-0.3, -0.25) is 14.4 Å². The molecule has 3 heterocycles. The standard InChI is InChI=1S/C16H12N4O3S/c1-23-11-4-5-13-14(7-11)24-16-18-12(9-20(13)16)15(21)17-10-3-2-6-19(22)8-10/h2-9H,1H3,(H-,17,21,22)/p+1. The summed E-state index contributed by atoms with van der Waals surface area (Å²) < 4.78 is 9.02. The Kier molecular flexibility index (Phi) is 3.31. The number of anilines is 1. The molecule has 0 atom stereocenters. The molecule has 0 aliphatic heterocycles. The highest BCUT2D eigenvalue weighted by molar-refractivity contribution is 7.23. The second kappa shape index (κ2) is 5.50. The number of nitrogens with zero attached hydrogens (tertiary/aromatic N) is 3.